The van der Waals surface area contributed by atoms with E-state index in [1.807, 2.05) is 17.0 Å². The maximum Gasteiger partial charge on any atom is 0.245 e. The van der Waals surface area contributed by atoms with E-state index in [1.54, 1.807) is 41.9 Å². The quantitative estimate of drug-likeness (QED) is 0.288. The van der Waals surface area contributed by atoms with E-state index < -0.39 is 5.82 Å². The fraction of sp³-hybridized carbons (Fsp3) is 0.267. The molecule has 5 heterocycles. The summed E-state index contributed by atoms with van der Waals surface area (Å²) in [6.07, 6.45) is 8.13. The van der Waals surface area contributed by atoms with Gasteiger partial charge in [0.05, 0.1) is 11.2 Å². The first kappa shape index (κ1) is 25.1. The van der Waals surface area contributed by atoms with Crippen molar-refractivity contribution in [1.82, 2.24) is 34.4 Å². The number of piperidine rings is 1. The number of pyridine rings is 2. The molecule has 2 fully saturated rings. The highest BCUT2D eigenvalue weighted by molar-refractivity contribution is 5.88. The van der Waals surface area contributed by atoms with Crippen LogP contribution in [0.25, 0.3) is 16.7 Å². The maximum atomic E-state index is 15.6. The van der Waals surface area contributed by atoms with Crippen molar-refractivity contribution in [2.24, 2.45) is 11.8 Å². The molecule has 2 aliphatic rings. The Bertz CT molecular complexity index is 1810. The number of ether oxygens (including phenoxy) is 1. The molecule has 206 valence electrons. The summed E-state index contributed by atoms with van der Waals surface area (Å²) in [6, 6.07) is 10.8. The second-order valence-electron chi connectivity index (χ2n) is 10.6. The highest BCUT2D eigenvalue weighted by Crippen LogP contribution is 2.48. The lowest BCUT2D eigenvalue weighted by atomic mass is 9.82. The van der Waals surface area contributed by atoms with Gasteiger partial charge in [0.1, 0.15) is 29.7 Å². The van der Waals surface area contributed by atoms with Gasteiger partial charge in [-0.15, -0.1) is 0 Å². The second-order valence-corrected chi connectivity index (χ2v) is 10.6. The number of hydrogen-bond donors (Lipinski definition) is 1. The molecule has 1 aliphatic carbocycles. The molecule has 2 bridgehead atoms. The lowest BCUT2D eigenvalue weighted by molar-refractivity contribution is -0.128. The van der Waals surface area contributed by atoms with Crippen molar-refractivity contribution < 1.29 is 13.9 Å². The number of halogens is 1. The summed E-state index contributed by atoms with van der Waals surface area (Å²) in [6.45, 7) is 6.71. The van der Waals surface area contributed by atoms with Crippen LogP contribution < -0.4 is 10.1 Å². The van der Waals surface area contributed by atoms with E-state index in [1.165, 1.54) is 18.7 Å². The van der Waals surface area contributed by atoms with Crippen molar-refractivity contribution in [3.8, 4) is 11.5 Å². The standard InChI is InChI=1S/C30H27FN8O2/c1-3-26(40)38-13-18-4-5-19(14-38)27(18)21-6-7-23-29(36-21)30(34-15-32-23)37-22-8-9-24(17(2)28(22)31)41-20-10-11-39-25(12-20)33-16-35-39/h3,6-12,15-16,18-19,27H,1,4-5,13-14H2,2H3,(H,32,34,37)/t18-,19?,27?/m0/s1. The SMILES string of the molecule is C=CC(=O)N1CC2CC[C@@H](C1)C2c1ccc2ncnc(Nc3ccc(Oc4ccn5ncnc5c4)c(C)c3F)c2n1. The minimum Gasteiger partial charge on any atom is -0.457 e. The van der Waals surface area contributed by atoms with Crippen molar-refractivity contribution >= 4 is 34.1 Å². The second kappa shape index (κ2) is 9.92. The monoisotopic (exact) mass is 550 g/mol. The zero-order valence-electron chi connectivity index (χ0n) is 22.4. The summed E-state index contributed by atoms with van der Waals surface area (Å²) in [5, 5.41) is 7.21. The number of benzene rings is 1. The third kappa shape index (κ3) is 4.43. The maximum absolute atomic E-state index is 15.6. The van der Waals surface area contributed by atoms with E-state index in [0.717, 1.165) is 18.5 Å². The first-order valence-corrected chi connectivity index (χ1v) is 13.5. The first-order valence-electron chi connectivity index (χ1n) is 13.5. The van der Waals surface area contributed by atoms with Crippen molar-refractivity contribution in [2.75, 3.05) is 18.4 Å². The van der Waals surface area contributed by atoms with Crippen LogP contribution in [0.4, 0.5) is 15.9 Å². The molecule has 1 N–H and O–H groups in total. The lowest BCUT2D eigenvalue weighted by Crippen LogP contribution is -2.43. The number of carbonyl (C=O) groups is 1. The highest BCUT2D eigenvalue weighted by Gasteiger charge is 2.44. The predicted octanol–water partition coefficient (Wildman–Crippen LogP) is 5.19. The Kier molecular flexibility index (Phi) is 6.06. The summed E-state index contributed by atoms with van der Waals surface area (Å²) < 4.78 is 23.2. The number of anilines is 2. The zero-order chi connectivity index (χ0) is 28.1. The topological polar surface area (TPSA) is 110 Å². The number of rotatable bonds is 6. The summed E-state index contributed by atoms with van der Waals surface area (Å²) >= 11 is 0. The van der Waals surface area contributed by atoms with Crippen molar-refractivity contribution in [3.05, 3.63) is 85.0 Å². The van der Waals surface area contributed by atoms with E-state index >= 15 is 4.39 Å². The largest absolute Gasteiger partial charge is 0.457 e. The Morgan fingerprint density at radius 3 is 2.73 bits per heavy atom. The summed E-state index contributed by atoms with van der Waals surface area (Å²) in [5.41, 5.74) is 3.43. The Labute approximate surface area is 234 Å². The lowest BCUT2D eigenvalue weighted by Gasteiger charge is -2.37. The number of nitrogens with one attached hydrogen (secondary N) is 1. The van der Waals surface area contributed by atoms with E-state index in [9.17, 15) is 4.79 Å². The molecule has 5 aromatic rings. The molecule has 3 atom stereocenters. The van der Waals surface area contributed by atoms with Crippen LogP contribution in [-0.2, 0) is 4.79 Å². The van der Waals surface area contributed by atoms with Crippen molar-refractivity contribution in [3.63, 3.8) is 0 Å². The van der Waals surface area contributed by atoms with Gasteiger partial charge in [-0.05, 0) is 68.0 Å². The normalized spacial score (nSPS) is 20.0. The first-order chi connectivity index (χ1) is 20.0. The fourth-order valence-electron chi connectivity index (χ4n) is 6.24. The highest BCUT2D eigenvalue weighted by atomic mass is 19.1. The van der Waals surface area contributed by atoms with Crippen LogP contribution in [0.1, 0.15) is 30.0 Å². The number of carbonyl (C=O) groups excluding carboxylic acids is 1. The molecule has 0 spiro atoms. The number of amides is 1. The number of nitrogens with zero attached hydrogens (tertiary/aromatic N) is 7. The molecule has 2 unspecified atom stereocenters. The molecule has 11 heteroatoms. The molecule has 10 nitrogen and oxygen atoms in total. The van der Waals surface area contributed by atoms with Crippen LogP contribution in [0.15, 0.2) is 67.9 Å². The van der Waals surface area contributed by atoms with Gasteiger partial charge in [0.15, 0.2) is 17.3 Å². The average Bonchev–Trinajstić information content (AvgIpc) is 3.57. The number of likely N-dealkylation sites (tertiary alicyclic amines) is 1. The van der Waals surface area contributed by atoms with Gasteiger partial charge in [0.25, 0.3) is 0 Å². The van der Waals surface area contributed by atoms with E-state index in [2.05, 4.69) is 31.9 Å². The summed E-state index contributed by atoms with van der Waals surface area (Å²) in [5.74, 6) is 1.79. The van der Waals surface area contributed by atoms with Crippen molar-refractivity contribution in [1.29, 1.82) is 0 Å². The third-order valence-corrected chi connectivity index (χ3v) is 8.23. The minimum absolute atomic E-state index is 0.0168. The van der Waals surface area contributed by atoms with Gasteiger partial charge in [0.2, 0.25) is 5.91 Å². The summed E-state index contributed by atoms with van der Waals surface area (Å²) in [4.78, 5) is 32.1. The van der Waals surface area contributed by atoms with Crippen LogP contribution in [0, 0.1) is 24.6 Å². The van der Waals surface area contributed by atoms with E-state index in [4.69, 9.17) is 9.72 Å². The molecule has 7 rings (SSSR count). The van der Waals surface area contributed by atoms with Gasteiger partial charge < -0.3 is 15.0 Å². The van der Waals surface area contributed by atoms with Gasteiger partial charge in [0, 0.05) is 42.5 Å². The molecular formula is C30H27FN8O2. The van der Waals surface area contributed by atoms with Crippen LogP contribution in [0.2, 0.25) is 0 Å². The molecule has 1 aliphatic heterocycles. The average molecular weight is 551 g/mol. The third-order valence-electron chi connectivity index (χ3n) is 8.23. The van der Waals surface area contributed by atoms with Gasteiger partial charge in [-0.25, -0.2) is 28.8 Å². The molecule has 1 amide bonds. The van der Waals surface area contributed by atoms with Gasteiger partial charge >= 0.3 is 0 Å². The van der Waals surface area contributed by atoms with Gasteiger partial charge in [-0.2, -0.15) is 5.10 Å². The number of hydrogen-bond acceptors (Lipinski definition) is 8. The Hall–Kier alpha value is -4.93. The molecule has 1 aromatic carbocycles. The predicted molar refractivity (Wildman–Crippen MR) is 151 cm³/mol. The van der Waals surface area contributed by atoms with Gasteiger partial charge in [-0.3, -0.25) is 4.79 Å². The fourth-order valence-corrected chi connectivity index (χ4v) is 6.24. The van der Waals surface area contributed by atoms with E-state index in [0.29, 0.717) is 64.5 Å². The molecule has 41 heavy (non-hydrogen) atoms. The van der Waals surface area contributed by atoms with Gasteiger partial charge in [-0.1, -0.05) is 6.58 Å². The number of aromatic nitrogens is 6. The molecule has 1 saturated heterocycles. The zero-order valence-corrected chi connectivity index (χ0v) is 22.4. The van der Waals surface area contributed by atoms with E-state index in [-0.39, 0.29) is 17.5 Å². The Balaban J connectivity index is 1.16. The number of fused-ring (bicyclic) bond motifs is 4. The molecule has 4 aromatic heterocycles. The van der Waals surface area contributed by atoms with Crippen LogP contribution in [0.5, 0.6) is 11.5 Å². The summed E-state index contributed by atoms with van der Waals surface area (Å²) in [7, 11) is 0. The molecule has 0 radical (unpaired) electrons. The smallest absolute Gasteiger partial charge is 0.245 e. The Morgan fingerprint density at radius 2 is 1.93 bits per heavy atom. The molecule has 1 saturated carbocycles. The van der Waals surface area contributed by atoms with Crippen LogP contribution >= 0.6 is 0 Å². The molecular weight excluding hydrogens is 523 g/mol. The Morgan fingerprint density at radius 1 is 1.10 bits per heavy atom. The van der Waals surface area contributed by atoms with Crippen molar-refractivity contribution in [2.45, 2.75) is 25.7 Å². The minimum atomic E-state index is -0.453. The van der Waals surface area contributed by atoms with Crippen LogP contribution in [0.3, 0.4) is 0 Å². The van der Waals surface area contributed by atoms with Crippen LogP contribution in [-0.4, -0.2) is 53.4 Å².